The molecule has 1 saturated carbocycles. The number of halogens is 3. The number of nitrogens with two attached hydrogens (primary N) is 1. The largest absolute Gasteiger partial charge is 0.474 e. The number of benzene rings is 1. The van der Waals surface area contributed by atoms with Crippen LogP contribution in [-0.2, 0) is 0 Å². The lowest BCUT2D eigenvalue weighted by molar-refractivity contribution is -0.157. The Bertz CT molecular complexity index is 1420. The number of ether oxygens (including phenoxy) is 1. The zero-order valence-electron chi connectivity index (χ0n) is 20.0. The molecule has 4 N–H and O–H groups in total. The molecule has 194 valence electrons. The van der Waals surface area contributed by atoms with Gasteiger partial charge in [0, 0.05) is 47.5 Å². The van der Waals surface area contributed by atoms with Crippen molar-refractivity contribution in [3.63, 3.8) is 0 Å². The van der Waals surface area contributed by atoms with E-state index in [4.69, 9.17) is 10.5 Å². The highest BCUT2D eigenvalue weighted by Gasteiger charge is 2.51. The maximum atomic E-state index is 15.4. The number of carbonyl (C=O) groups is 1. The summed E-state index contributed by atoms with van der Waals surface area (Å²) in [6, 6.07) is 2.70. The summed E-state index contributed by atoms with van der Waals surface area (Å²) in [6.07, 6.45) is 2.58. The molecule has 0 atom stereocenters. The highest BCUT2D eigenvalue weighted by atomic mass is 19.3. The highest BCUT2D eigenvalue weighted by molar-refractivity contribution is 5.99. The molecule has 3 aromatic rings. The van der Waals surface area contributed by atoms with E-state index in [0.717, 1.165) is 10.5 Å². The molecule has 1 amide bonds. The molecule has 2 aromatic heterocycles. The van der Waals surface area contributed by atoms with Crippen molar-refractivity contribution in [2.75, 3.05) is 42.2 Å². The zero-order valence-corrected chi connectivity index (χ0v) is 20.0. The normalized spacial score (nSPS) is 22.3. The third-order valence-electron chi connectivity index (χ3n) is 7.51. The van der Waals surface area contributed by atoms with Crippen molar-refractivity contribution in [2.24, 2.45) is 0 Å². The molecule has 3 aliphatic rings. The Kier molecular flexibility index (Phi) is 5.34. The monoisotopic (exact) mass is 514 g/mol. The van der Waals surface area contributed by atoms with Crippen LogP contribution >= 0.6 is 0 Å². The second-order valence-electron chi connectivity index (χ2n) is 9.86. The molecule has 0 radical (unpaired) electrons. The van der Waals surface area contributed by atoms with Crippen LogP contribution in [0, 0.1) is 12.7 Å². The number of carboxylic acid groups (broad SMARTS) is 1. The fraction of sp³-hybridized carbons (Fsp3) is 0.400. The van der Waals surface area contributed by atoms with Crippen molar-refractivity contribution >= 4 is 34.1 Å². The summed E-state index contributed by atoms with van der Waals surface area (Å²) in [6.45, 7) is 2.33. The van der Waals surface area contributed by atoms with E-state index in [1.54, 1.807) is 17.0 Å². The minimum atomic E-state index is -2.67. The molecule has 0 spiro atoms. The predicted octanol–water partition coefficient (Wildman–Crippen LogP) is 4.10. The van der Waals surface area contributed by atoms with Gasteiger partial charge in [0.2, 0.25) is 5.88 Å². The van der Waals surface area contributed by atoms with E-state index in [-0.39, 0.29) is 36.2 Å². The van der Waals surface area contributed by atoms with Crippen LogP contribution in [0.3, 0.4) is 0 Å². The molecule has 12 heteroatoms. The molecule has 1 saturated heterocycles. The Morgan fingerprint density at radius 2 is 2.00 bits per heavy atom. The lowest BCUT2D eigenvalue weighted by atomic mass is 9.82. The highest BCUT2D eigenvalue weighted by Crippen LogP contribution is 2.42. The van der Waals surface area contributed by atoms with Gasteiger partial charge in [-0.05, 0) is 42.8 Å². The van der Waals surface area contributed by atoms with Gasteiger partial charge in [-0.1, -0.05) is 0 Å². The molecule has 6 rings (SSSR count). The smallest absolute Gasteiger partial charge is 0.413 e. The zero-order chi connectivity index (χ0) is 26.1. The SMILES string of the molecule is Cc1c(-c2cc3cc(N(C(=O)O)[C@H]4C[C@H](N5CC(F)(F)C5)C4)ncc3c(N)c2F)cnc2c1NCCO2. The summed E-state index contributed by atoms with van der Waals surface area (Å²) in [5.74, 6) is -2.66. The van der Waals surface area contributed by atoms with Gasteiger partial charge in [-0.25, -0.2) is 27.9 Å². The molecule has 0 bridgehead atoms. The number of alkyl halides is 2. The summed E-state index contributed by atoms with van der Waals surface area (Å²) in [7, 11) is 0. The van der Waals surface area contributed by atoms with E-state index >= 15 is 4.39 Å². The van der Waals surface area contributed by atoms with E-state index in [2.05, 4.69) is 15.3 Å². The quantitative estimate of drug-likeness (QED) is 0.446. The summed E-state index contributed by atoms with van der Waals surface area (Å²) < 4.78 is 47.4. The Balaban J connectivity index is 1.34. The Morgan fingerprint density at radius 1 is 1.24 bits per heavy atom. The van der Waals surface area contributed by atoms with Gasteiger partial charge in [0.25, 0.3) is 5.92 Å². The standard InChI is InChI=1S/C25H25F3N6O3/c1-12-17(8-32-23-22(12)30-2-3-37-23)16-4-13-5-19(31-9-18(13)21(29)20(16)26)34(24(35)36)15-6-14(7-15)33-10-25(27,28)11-33/h4-5,8-9,14-15,30H,2-3,6-7,10-11,29H2,1H3,(H,35,36)/t14-,15-. The minimum Gasteiger partial charge on any atom is -0.474 e. The Labute approximate surface area is 210 Å². The first kappa shape index (κ1) is 23.6. The number of likely N-dealkylation sites (tertiary alicyclic amines) is 1. The molecule has 1 aliphatic carbocycles. The number of nitrogen functional groups attached to an aromatic ring is 1. The predicted molar refractivity (Wildman–Crippen MR) is 132 cm³/mol. The number of fused-ring (bicyclic) bond motifs is 2. The van der Waals surface area contributed by atoms with Crippen molar-refractivity contribution in [1.82, 2.24) is 14.9 Å². The minimum absolute atomic E-state index is 0.0830. The summed E-state index contributed by atoms with van der Waals surface area (Å²) >= 11 is 0. The molecule has 9 nitrogen and oxygen atoms in total. The molecule has 4 heterocycles. The molecule has 0 unspecified atom stereocenters. The molecule has 2 fully saturated rings. The number of nitrogens with one attached hydrogen (secondary N) is 1. The average Bonchev–Trinajstić information content (AvgIpc) is 2.82. The number of hydrogen-bond acceptors (Lipinski definition) is 7. The van der Waals surface area contributed by atoms with Crippen LogP contribution in [0.25, 0.3) is 21.9 Å². The third-order valence-corrected chi connectivity index (χ3v) is 7.51. The van der Waals surface area contributed by atoms with Crippen molar-refractivity contribution in [1.29, 1.82) is 0 Å². The number of hydrogen-bond donors (Lipinski definition) is 3. The van der Waals surface area contributed by atoms with Crippen molar-refractivity contribution in [2.45, 2.75) is 37.8 Å². The van der Waals surface area contributed by atoms with E-state index < -0.39 is 23.9 Å². The first-order valence-corrected chi connectivity index (χ1v) is 12.0. The molecule has 1 aromatic carbocycles. The van der Waals surface area contributed by atoms with E-state index in [0.29, 0.717) is 53.9 Å². The van der Waals surface area contributed by atoms with Gasteiger partial charge in [0.15, 0.2) is 5.82 Å². The average molecular weight is 515 g/mol. The van der Waals surface area contributed by atoms with Gasteiger partial charge in [-0.15, -0.1) is 0 Å². The van der Waals surface area contributed by atoms with Crippen LogP contribution < -0.4 is 20.7 Å². The summed E-state index contributed by atoms with van der Waals surface area (Å²) in [5, 5.41) is 14.0. The van der Waals surface area contributed by atoms with E-state index in [9.17, 15) is 18.7 Å². The maximum absolute atomic E-state index is 15.4. The number of amides is 1. The van der Waals surface area contributed by atoms with Gasteiger partial charge >= 0.3 is 6.09 Å². The van der Waals surface area contributed by atoms with E-state index in [1.165, 1.54) is 12.4 Å². The summed E-state index contributed by atoms with van der Waals surface area (Å²) in [5.41, 5.74) is 8.25. The number of aromatic nitrogens is 2. The lowest BCUT2D eigenvalue weighted by Crippen LogP contribution is -2.65. The Hall–Kier alpha value is -3.80. The van der Waals surface area contributed by atoms with Crippen LogP contribution in [0.1, 0.15) is 18.4 Å². The molecule has 2 aliphatic heterocycles. The van der Waals surface area contributed by atoms with Gasteiger partial charge < -0.3 is 20.9 Å². The van der Waals surface area contributed by atoms with Gasteiger partial charge in [0.1, 0.15) is 18.1 Å². The third kappa shape index (κ3) is 3.86. The lowest BCUT2D eigenvalue weighted by Gasteiger charge is -2.51. The first-order chi connectivity index (χ1) is 17.6. The topological polar surface area (TPSA) is 117 Å². The second kappa shape index (κ2) is 8.37. The number of pyridine rings is 2. The van der Waals surface area contributed by atoms with Crippen LogP contribution in [0.5, 0.6) is 5.88 Å². The fourth-order valence-corrected chi connectivity index (χ4v) is 5.42. The number of nitrogens with zero attached hydrogens (tertiary/aromatic N) is 4. The first-order valence-electron chi connectivity index (χ1n) is 12.0. The molecular formula is C25H25F3N6O3. The van der Waals surface area contributed by atoms with Crippen molar-refractivity contribution < 1.29 is 27.8 Å². The van der Waals surface area contributed by atoms with Crippen LogP contribution in [-0.4, -0.2) is 70.3 Å². The molecular weight excluding hydrogens is 489 g/mol. The molecule has 37 heavy (non-hydrogen) atoms. The van der Waals surface area contributed by atoms with E-state index in [1.807, 2.05) is 6.92 Å². The number of rotatable bonds is 4. The van der Waals surface area contributed by atoms with Gasteiger partial charge in [-0.2, -0.15) is 0 Å². The van der Waals surface area contributed by atoms with Crippen LogP contribution in [0.2, 0.25) is 0 Å². The van der Waals surface area contributed by atoms with Gasteiger partial charge in [-0.3, -0.25) is 9.80 Å². The van der Waals surface area contributed by atoms with Crippen LogP contribution in [0.15, 0.2) is 24.5 Å². The van der Waals surface area contributed by atoms with Gasteiger partial charge in [0.05, 0.1) is 18.8 Å². The van der Waals surface area contributed by atoms with Crippen molar-refractivity contribution in [3.8, 4) is 17.0 Å². The van der Waals surface area contributed by atoms with Crippen molar-refractivity contribution in [3.05, 3.63) is 35.9 Å². The maximum Gasteiger partial charge on any atom is 0.413 e. The second-order valence-corrected chi connectivity index (χ2v) is 9.86. The summed E-state index contributed by atoms with van der Waals surface area (Å²) in [4.78, 5) is 23.6. The number of anilines is 3. The van der Waals surface area contributed by atoms with Crippen LogP contribution in [0.4, 0.5) is 35.2 Å². The Morgan fingerprint density at radius 3 is 2.70 bits per heavy atom. The fourth-order valence-electron chi connectivity index (χ4n) is 5.42.